The summed E-state index contributed by atoms with van der Waals surface area (Å²) in [7, 11) is -4.31. The summed E-state index contributed by atoms with van der Waals surface area (Å²) in [5.74, 6) is -2.24. The molecule has 0 aliphatic carbocycles. The number of aromatic hydroxyl groups is 1. The number of benzene rings is 2. The second-order valence-electron chi connectivity index (χ2n) is 8.88. The molecule has 2 aromatic carbocycles. The number of hydrogen-bond acceptors (Lipinski definition) is 11. The summed E-state index contributed by atoms with van der Waals surface area (Å²) >= 11 is 0. The Kier molecular flexibility index (Phi) is 9.20. The molecule has 0 bridgehead atoms. The van der Waals surface area contributed by atoms with Gasteiger partial charge >= 0.3 is 13.7 Å². The maximum absolute atomic E-state index is 13.7. The average Bonchev–Trinajstić information content (AvgIpc) is 3.45. The van der Waals surface area contributed by atoms with E-state index >= 15 is 0 Å². The highest BCUT2D eigenvalue weighted by Gasteiger charge is 2.46. The first-order valence-electron chi connectivity index (χ1n) is 12.1. The average molecular weight is 576 g/mol. The number of aliphatic hydroxyl groups is 2. The van der Waals surface area contributed by atoms with Crippen LogP contribution in [0, 0.1) is 0 Å². The van der Waals surface area contributed by atoms with Gasteiger partial charge in [-0.2, -0.15) is 5.09 Å². The van der Waals surface area contributed by atoms with Gasteiger partial charge in [-0.3, -0.25) is 18.7 Å². The quantitative estimate of drug-likeness (QED) is 0.153. The normalized spacial score (nSPS) is 22.8. The molecule has 1 aromatic heterocycles. The molecule has 0 saturated carbocycles. The minimum absolute atomic E-state index is 0.00363. The van der Waals surface area contributed by atoms with Crippen LogP contribution < -0.4 is 15.3 Å². The standard InChI is InChI=1S/C25H29N4O10P/c1-15(25(34)36-12-16-8-4-2-5-9-16)28-40(35,39-17-10-6-3-7-11-17)37-13-18-20(30)21(31)24(38-18)29-14-27-19(22(26)32)23(29)33/h2-11,14-15,18,20-21,24,30-31,33H,12-13H2,1H3,(H2,26,32)(H,28,35)/t15-,18+,20+,21+,24+,40?/m0/s1. The summed E-state index contributed by atoms with van der Waals surface area (Å²) < 4.78 is 36.7. The van der Waals surface area contributed by atoms with Gasteiger partial charge in [0.05, 0.1) is 6.61 Å². The van der Waals surface area contributed by atoms with Gasteiger partial charge in [-0.15, -0.1) is 0 Å². The molecule has 40 heavy (non-hydrogen) atoms. The fourth-order valence-electron chi connectivity index (χ4n) is 3.84. The molecule has 0 spiro atoms. The number of aromatic nitrogens is 2. The lowest BCUT2D eigenvalue weighted by Gasteiger charge is -2.24. The monoisotopic (exact) mass is 576 g/mol. The summed E-state index contributed by atoms with van der Waals surface area (Å²) in [6.45, 7) is 0.836. The van der Waals surface area contributed by atoms with E-state index in [0.29, 0.717) is 0 Å². The van der Waals surface area contributed by atoms with E-state index in [-0.39, 0.29) is 12.4 Å². The van der Waals surface area contributed by atoms with Crippen molar-refractivity contribution in [1.82, 2.24) is 14.6 Å². The van der Waals surface area contributed by atoms with Crippen LogP contribution in [0.15, 0.2) is 67.0 Å². The first kappa shape index (κ1) is 29.2. The maximum atomic E-state index is 13.7. The Hall–Kier alpha value is -3.78. The minimum Gasteiger partial charge on any atom is -0.493 e. The topological polar surface area (TPSA) is 205 Å². The van der Waals surface area contributed by atoms with Crippen molar-refractivity contribution in [3.8, 4) is 11.6 Å². The number of imidazole rings is 1. The lowest BCUT2D eigenvalue weighted by atomic mass is 10.1. The van der Waals surface area contributed by atoms with Crippen molar-refractivity contribution in [2.24, 2.45) is 5.73 Å². The summed E-state index contributed by atoms with van der Waals surface area (Å²) in [6, 6.07) is 15.9. The van der Waals surface area contributed by atoms with Crippen LogP contribution in [0.25, 0.3) is 0 Å². The molecule has 214 valence electrons. The molecule has 2 heterocycles. The lowest BCUT2D eigenvalue weighted by molar-refractivity contribution is -0.146. The van der Waals surface area contributed by atoms with E-state index in [9.17, 15) is 29.5 Å². The Morgan fingerprint density at radius 1 is 1.12 bits per heavy atom. The van der Waals surface area contributed by atoms with Gasteiger partial charge in [0.1, 0.15) is 43.0 Å². The zero-order chi connectivity index (χ0) is 28.9. The fourth-order valence-corrected chi connectivity index (χ4v) is 5.34. The van der Waals surface area contributed by atoms with Crippen LogP contribution >= 0.6 is 7.75 Å². The summed E-state index contributed by atoms with van der Waals surface area (Å²) in [5.41, 5.74) is 5.46. The highest BCUT2D eigenvalue weighted by Crippen LogP contribution is 2.46. The van der Waals surface area contributed by atoms with Crippen LogP contribution in [0.2, 0.25) is 0 Å². The van der Waals surface area contributed by atoms with Gasteiger partial charge < -0.3 is 35.1 Å². The molecule has 1 saturated heterocycles. The van der Waals surface area contributed by atoms with Crippen LogP contribution in [-0.4, -0.2) is 67.7 Å². The van der Waals surface area contributed by atoms with Gasteiger partial charge in [-0.05, 0) is 24.6 Å². The number of rotatable bonds is 12. The number of aliphatic hydroxyl groups excluding tert-OH is 2. The van der Waals surface area contributed by atoms with Crippen molar-refractivity contribution >= 4 is 19.6 Å². The number of ether oxygens (including phenoxy) is 2. The Labute approximate surface area is 228 Å². The van der Waals surface area contributed by atoms with Crippen LogP contribution in [-0.2, 0) is 30.0 Å². The third-order valence-corrected chi connectivity index (χ3v) is 7.56. The third-order valence-electron chi connectivity index (χ3n) is 5.92. The van der Waals surface area contributed by atoms with E-state index in [1.165, 1.54) is 19.1 Å². The summed E-state index contributed by atoms with van der Waals surface area (Å²) in [5, 5.41) is 33.8. The largest absolute Gasteiger partial charge is 0.493 e. The van der Waals surface area contributed by atoms with Gasteiger partial charge in [0.25, 0.3) is 5.91 Å². The number of amides is 1. The molecule has 1 aliphatic rings. The predicted octanol–water partition coefficient (Wildman–Crippen LogP) is 1.23. The van der Waals surface area contributed by atoms with E-state index < -0.39 is 68.4 Å². The number of primary amides is 1. The number of nitrogens with two attached hydrogens (primary N) is 1. The molecular weight excluding hydrogens is 547 g/mol. The van der Waals surface area contributed by atoms with Gasteiger partial charge in [-0.1, -0.05) is 48.5 Å². The smallest absolute Gasteiger partial charge is 0.459 e. The van der Waals surface area contributed by atoms with Crippen LogP contribution in [0.4, 0.5) is 0 Å². The van der Waals surface area contributed by atoms with Crippen LogP contribution in [0.1, 0.15) is 29.2 Å². The Morgan fingerprint density at radius 3 is 2.40 bits per heavy atom. The zero-order valence-corrected chi connectivity index (χ0v) is 22.2. The van der Waals surface area contributed by atoms with E-state index in [4.69, 9.17) is 24.3 Å². The van der Waals surface area contributed by atoms with Crippen LogP contribution in [0.5, 0.6) is 11.6 Å². The SMILES string of the molecule is C[C@H](NP(=O)(OC[C@H]1O[C@@H](n2cnc(C(N)=O)c2O)[C@H](O)[C@@H]1O)Oc1ccccc1)C(=O)OCc1ccccc1. The number of carbonyl (C=O) groups is 2. The van der Waals surface area contributed by atoms with Crippen molar-refractivity contribution in [1.29, 1.82) is 0 Å². The van der Waals surface area contributed by atoms with Crippen LogP contribution in [0.3, 0.4) is 0 Å². The van der Waals surface area contributed by atoms with Gasteiger partial charge in [0, 0.05) is 0 Å². The van der Waals surface area contributed by atoms with Crippen molar-refractivity contribution < 1.29 is 48.0 Å². The molecule has 14 nitrogen and oxygen atoms in total. The number of nitrogens with zero attached hydrogens (tertiary/aromatic N) is 2. The lowest BCUT2D eigenvalue weighted by Crippen LogP contribution is -2.37. The minimum atomic E-state index is -4.31. The van der Waals surface area contributed by atoms with Crippen molar-refractivity contribution in [3.63, 3.8) is 0 Å². The second kappa shape index (κ2) is 12.6. The number of carbonyl (C=O) groups excluding carboxylic acids is 2. The number of nitrogens with one attached hydrogen (secondary N) is 1. The number of esters is 1. The van der Waals surface area contributed by atoms with E-state index in [0.717, 1.165) is 16.5 Å². The van der Waals surface area contributed by atoms with E-state index in [1.807, 2.05) is 6.07 Å². The molecule has 1 fully saturated rings. The second-order valence-corrected chi connectivity index (χ2v) is 10.6. The summed E-state index contributed by atoms with van der Waals surface area (Å²) in [4.78, 5) is 27.7. The molecule has 6 N–H and O–H groups in total. The Bertz CT molecular complexity index is 1360. The van der Waals surface area contributed by atoms with Gasteiger partial charge in [-0.25, -0.2) is 9.55 Å². The van der Waals surface area contributed by atoms with Gasteiger partial charge in [0.15, 0.2) is 11.9 Å². The predicted molar refractivity (Wildman–Crippen MR) is 138 cm³/mol. The maximum Gasteiger partial charge on any atom is 0.459 e. The molecule has 4 rings (SSSR count). The first-order chi connectivity index (χ1) is 19.1. The molecule has 1 unspecified atom stereocenters. The van der Waals surface area contributed by atoms with E-state index in [2.05, 4.69) is 10.1 Å². The molecule has 0 radical (unpaired) electrons. The highest BCUT2D eigenvalue weighted by molar-refractivity contribution is 7.52. The van der Waals surface area contributed by atoms with Gasteiger partial charge in [0.2, 0.25) is 5.88 Å². The molecular formula is C25H29N4O10P. The molecule has 1 amide bonds. The summed E-state index contributed by atoms with van der Waals surface area (Å²) in [6.07, 6.45) is -4.80. The Balaban J connectivity index is 1.44. The first-order valence-corrected chi connectivity index (χ1v) is 13.7. The molecule has 15 heteroatoms. The molecule has 6 atom stereocenters. The molecule has 3 aromatic rings. The molecule has 1 aliphatic heterocycles. The zero-order valence-electron chi connectivity index (χ0n) is 21.3. The van der Waals surface area contributed by atoms with Crippen molar-refractivity contribution in [2.75, 3.05) is 6.61 Å². The van der Waals surface area contributed by atoms with E-state index in [1.54, 1.807) is 42.5 Å². The Morgan fingerprint density at radius 2 is 1.77 bits per heavy atom. The number of para-hydroxylation sites is 1. The van der Waals surface area contributed by atoms with Crippen molar-refractivity contribution in [2.45, 2.75) is 44.1 Å². The third kappa shape index (κ3) is 6.86. The fraction of sp³-hybridized carbons (Fsp3) is 0.320. The highest BCUT2D eigenvalue weighted by atomic mass is 31.2. The van der Waals surface area contributed by atoms with Crippen molar-refractivity contribution in [3.05, 3.63) is 78.2 Å². The number of hydrogen-bond donors (Lipinski definition) is 5.